The van der Waals surface area contributed by atoms with E-state index in [1.165, 1.54) is 21.5 Å². The van der Waals surface area contributed by atoms with Gasteiger partial charge in [0.2, 0.25) is 0 Å². The molecule has 9 rings (SSSR count). The van der Waals surface area contributed by atoms with Crippen molar-refractivity contribution in [2.45, 2.75) is 0 Å². The largest absolute Gasteiger partial charge is 0.456 e. The van der Waals surface area contributed by atoms with E-state index in [-0.39, 0.29) is 0 Å². The SMILES string of the molecule is c1ccc(-c2nc(-c3cc4c(ccc5ccc6ccccc6c54)cn3)nc(-c3cccc4oc5ccccc5c34)n2)cc1. The lowest BCUT2D eigenvalue weighted by Gasteiger charge is -2.11. The molecule has 0 bridgehead atoms. The predicted molar refractivity (Wildman–Crippen MR) is 174 cm³/mol. The minimum Gasteiger partial charge on any atom is -0.456 e. The van der Waals surface area contributed by atoms with Crippen molar-refractivity contribution in [1.82, 2.24) is 19.9 Å². The van der Waals surface area contributed by atoms with Crippen molar-refractivity contribution >= 4 is 54.3 Å². The van der Waals surface area contributed by atoms with E-state index < -0.39 is 0 Å². The van der Waals surface area contributed by atoms with E-state index in [1.54, 1.807) is 0 Å². The van der Waals surface area contributed by atoms with Crippen LogP contribution in [0.15, 0.2) is 138 Å². The molecule has 5 heteroatoms. The van der Waals surface area contributed by atoms with Crippen LogP contribution in [0.2, 0.25) is 0 Å². The Labute approximate surface area is 246 Å². The highest BCUT2D eigenvalue weighted by Gasteiger charge is 2.18. The zero-order valence-electron chi connectivity index (χ0n) is 22.9. The second kappa shape index (κ2) is 9.29. The first-order chi connectivity index (χ1) is 21.3. The topological polar surface area (TPSA) is 64.7 Å². The number of nitrogens with zero attached hydrogens (tertiary/aromatic N) is 4. The van der Waals surface area contributed by atoms with E-state index in [0.717, 1.165) is 43.8 Å². The van der Waals surface area contributed by atoms with Crippen LogP contribution in [0, 0.1) is 0 Å². The number of benzene rings is 6. The maximum Gasteiger partial charge on any atom is 0.182 e. The van der Waals surface area contributed by atoms with Crippen molar-refractivity contribution in [2.24, 2.45) is 0 Å². The monoisotopic (exact) mass is 550 g/mol. The number of aromatic nitrogens is 4. The Bertz CT molecular complexity index is 2510. The molecule has 6 aromatic carbocycles. The van der Waals surface area contributed by atoms with Gasteiger partial charge in [-0.3, -0.25) is 4.98 Å². The van der Waals surface area contributed by atoms with Gasteiger partial charge in [0, 0.05) is 33.5 Å². The third-order valence-corrected chi connectivity index (χ3v) is 8.15. The zero-order chi connectivity index (χ0) is 28.3. The summed E-state index contributed by atoms with van der Waals surface area (Å²) in [6.07, 6.45) is 1.92. The van der Waals surface area contributed by atoms with Crippen LogP contribution in [0.5, 0.6) is 0 Å². The Morgan fingerprint density at radius 1 is 0.442 bits per heavy atom. The smallest absolute Gasteiger partial charge is 0.182 e. The Morgan fingerprint density at radius 2 is 1.14 bits per heavy atom. The van der Waals surface area contributed by atoms with Gasteiger partial charge in [0.1, 0.15) is 16.9 Å². The average molecular weight is 551 g/mol. The lowest BCUT2D eigenvalue weighted by molar-refractivity contribution is 0.669. The summed E-state index contributed by atoms with van der Waals surface area (Å²) < 4.78 is 6.19. The fourth-order valence-electron chi connectivity index (χ4n) is 6.13. The molecule has 0 amide bonds. The summed E-state index contributed by atoms with van der Waals surface area (Å²) in [5, 5.41) is 8.99. The molecule has 0 spiro atoms. The van der Waals surface area contributed by atoms with Gasteiger partial charge in [0.25, 0.3) is 0 Å². The molecule has 3 aromatic heterocycles. The van der Waals surface area contributed by atoms with Crippen LogP contribution < -0.4 is 0 Å². The van der Waals surface area contributed by atoms with Crippen LogP contribution in [0.3, 0.4) is 0 Å². The molecule has 9 aromatic rings. The van der Waals surface area contributed by atoms with E-state index in [0.29, 0.717) is 23.2 Å². The highest BCUT2D eigenvalue weighted by Crippen LogP contribution is 2.37. The summed E-state index contributed by atoms with van der Waals surface area (Å²) >= 11 is 0. The molecular formula is C38H22N4O. The van der Waals surface area contributed by atoms with Gasteiger partial charge in [-0.15, -0.1) is 0 Å². The van der Waals surface area contributed by atoms with Gasteiger partial charge >= 0.3 is 0 Å². The van der Waals surface area contributed by atoms with Crippen LogP contribution in [0.4, 0.5) is 0 Å². The fourth-order valence-corrected chi connectivity index (χ4v) is 6.13. The van der Waals surface area contributed by atoms with E-state index in [4.69, 9.17) is 24.4 Å². The Hall–Kier alpha value is -5.94. The molecule has 5 nitrogen and oxygen atoms in total. The molecular weight excluding hydrogens is 528 g/mol. The second-order valence-corrected chi connectivity index (χ2v) is 10.7. The van der Waals surface area contributed by atoms with E-state index >= 15 is 0 Å². The first-order valence-corrected chi connectivity index (χ1v) is 14.2. The number of rotatable bonds is 3. The van der Waals surface area contributed by atoms with Gasteiger partial charge in [0.15, 0.2) is 17.5 Å². The summed E-state index contributed by atoms with van der Waals surface area (Å²) in [7, 11) is 0. The van der Waals surface area contributed by atoms with Gasteiger partial charge in [-0.1, -0.05) is 109 Å². The van der Waals surface area contributed by atoms with Gasteiger partial charge in [-0.05, 0) is 45.1 Å². The first-order valence-electron chi connectivity index (χ1n) is 14.2. The van der Waals surface area contributed by atoms with Gasteiger partial charge < -0.3 is 4.42 Å². The molecule has 0 fully saturated rings. The van der Waals surface area contributed by atoms with Crippen molar-refractivity contribution in [2.75, 3.05) is 0 Å². The molecule has 0 atom stereocenters. The third-order valence-electron chi connectivity index (χ3n) is 8.15. The molecule has 0 N–H and O–H groups in total. The van der Waals surface area contributed by atoms with Gasteiger partial charge in [0.05, 0.1) is 0 Å². The van der Waals surface area contributed by atoms with Crippen molar-refractivity contribution < 1.29 is 4.42 Å². The van der Waals surface area contributed by atoms with Gasteiger partial charge in [-0.2, -0.15) is 0 Å². The molecule has 0 saturated heterocycles. The predicted octanol–water partition coefficient (Wildman–Crippen LogP) is 9.63. The standard InChI is InChI=1S/C38H22N4O/c1-2-10-25(11-3-1)36-40-37(29-14-8-16-33-35(29)28-13-6-7-15-32(28)43-33)42-38(41-36)31-21-30-26(22-39-31)20-19-24-18-17-23-9-4-5-12-27(23)34(24)30/h1-22H. The van der Waals surface area contributed by atoms with Gasteiger partial charge in [-0.25, -0.2) is 15.0 Å². The van der Waals surface area contributed by atoms with E-state index in [9.17, 15) is 0 Å². The second-order valence-electron chi connectivity index (χ2n) is 10.7. The number of para-hydroxylation sites is 1. The number of pyridine rings is 1. The van der Waals surface area contributed by atoms with Crippen LogP contribution >= 0.6 is 0 Å². The molecule has 3 heterocycles. The average Bonchev–Trinajstić information content (AvgIpc) is 3.47. The van der Waals surface area contributed by atoms with Crippen molar-refractivity contribution in [3.8, 4) is 34.3 Å². The molecule has 200 valence electrons. The van der Waals surface area contributed by atoms with Crippen molar-refractivity contribution in [3.63, 3.8) is 0 Å². The maximum atomic E-state index is 6.19. The van der Waals surface area contributed by atoms with Crippen LogP contribution in [-0.4, -0.2) is 19.9 Å². The van der Waals surface area contributed by atoms with E-state index in [2.05, 4.69) is 60.7 Å². The van der Waals surface area contributed by atoms with Crippen molar-refractivity contribution in [1.29, 1.82) is 0 Å². The maximum absolute atomic E-state index is 6.19. The number of fused-ring (bicyclic) bond motifs is 8. The Morgan fingerprint density at radius 3 is 2.05 bits per heavy atom. The minimum atomic E-state index is 0.521. The molecule has 43 heavy (non-hydrogen) atoms. The summed E-state index contributed by atoms with van der Waals surface area (Å²) in [6.45, 7) is 0. The van der Waals surface area contributed by atoms with Crippen molar-refractivity contribution in [3.05, 3.63) is 134 Å². The Kier molecular flexibility index (Phi) is 5.13. The molecule has 0 aliphatic carbocycles. The summed E-state index contributed by atoms with van der Waals surface area (Å²) in [5.41, 5.74) is 4.12. The molecule has 0 aliphatic rings. The third kappa shape index (κ3) is 3.79. The highest BCUT2D eigenvalue weighted by molar-refractivity contribution is 6.20. The van der Waals surface area contributed by atoms with Crippen LogP contribution in [0.1, 0.15) is 0 Å². The highest BCUT2D eigenvalue weighted by atomic mass is 16.3. The summed E-state index contributed by atoms with van der Waals surface area (Å²) in [4.78, 5) is 19.9. The van der Waals surface area contributed by atoms with E-state index in [1.807, 2.05) is 72.9 Å². The zero-order valence-corrected chi connectivity index (χ0v) is 22.9. The Balaban J connectivity index is 1.33. The molecule has 0 unspecified atom stereocenters. The summed E-state index contributed by atoms with van der Waals surface area (Å²) in [6, 6.07) is 43.4. The number of hydrogen-bond donors (Lipinski definition) is 0. The lowest BCUT2D eigenvalue weighted by atomic mass is 9.97. The quantitative estimate of drug-likeness (QED) is 0.205. The lowest BCUT2D eigenvalue weighted by Crippen LogP contribution is -2.01. The number of furan rings is 1. The van der Waals surface area contributed by atoms with Crippen LogP contribution in [-0.2, 0) is 0 Å². The molecule has 0 radical (unpaired) electrons. The molecule has 0 saturated carbocycles. The normalized spacial score (nSPS) is 11.7. The minimum absolute atomic E-state index is 0.521. The summed E-state index contributed by atoms with van der Waals surface area (Å²) in [5.74, 6) is 1.69. The first kappa shape index (κ1) is 23.7. The van der Waals surface area contributed by atoms with Crippen LogP contribution in [0.25, 0.3) is 88.5 Å². The molecule has 0 aliphatic heterocycles. The fraction of sp³-hybridized carbons (Fsp3) is 0. The number of hydrogen-bond acceptors (Lipinski definition) is 5.